The average Bonchev–Trinajstić information content (AvgIpc) is 2.79. The van der Waals surface area contributed by atoms with Gasteiger partial charge in [-0.05, 0) is 48.7 Å². The normalized spacial score (nSPS) is 11.8. The zero-order valence-electron chi connectivity index (χ0n) is 19.3. The number of carbonyl (C=O) groups is 2. The maximum absolute atomic E-state index is 12.8. The number of likely N-dealkylation sites (N-methyl/N-ethyl adjacent to an activating group) is 1. The summed E-state index contributed by atoms with van der Waals surface area (Å²) < 4.78 is 10.9. The maximum Gasteiger partial charge on any atom is 0.349 e. The number of methoxy groups -OCH3 is 1. The summed E-state index contributed by atoms with van der Waals surface area (Å²) >= 11 is 0. The molecule has 174 valence electrons. The highest BCUT2D eigenvalue weighted by Crippen LogP contribution is 2.29. The van der Waals surface area contributed by atoms with Crippen molar-refractivity contribution in [3.05, 3.63) is 69.6 Å². The molecule has 0 unspecified atom stereocenters. The molecule has 0 aliphatic heterocycles. The van der Waals surface area contributed by atoms with Crippen LogP contribution in [0.5, 0.6) is 5.75 Å². The van der Waals surface area contributed by atoms with E-state index in [1.807, 2.05) is 6.92 Å². The van der Waals surface area contributed by atoms with Crippen LogP contribution >= 0.6 is 0 Å². The lowest BCUT2D eigenvalue weighted by Crippen LogP contribution is -2.41. The smallest absolute Gasteiger partial charge is 0.349 e. The Morgan fingerprint density at radius 1 is 1.15 bits per heavy atom. The Morgan fingerprint density at radius 3 is 2.45 bits per heavy atom. The molecule has 3 N–H and O–H groups in total. The van der Waals surface area contributed by atoms with E-state index in [1.54, 1.807) is 57.6 Å². The predicted molar refractivity (Wildman–Crippen MR) is 128 cm³/mol. The quantitative estimate of drug-likeness (QED) is 0.509. The SMILES string of the molecule is CCCc1c(OC)ccc2cc(C(=O)Nc3ccc(C[C@@H](N)C(=O)N(C)C)cc3)c(=O)oc12. The topological polar surface area (TPSA) is 115 Å². The van der Waals surface area contributed by atoms with Crippen LogP contribution in [0.3, 0.4) is 0 Å². The van der Waals surface area contributed by atoms with Crippen LogP contribution < -0.4 is 21.4 Å². The number of hydrogen-bond donors (Lipinski definition) is 2. The number of hydrogen-bond acceptors (Lipinski definition) is 6. The van der Waals surface area contributed by atoms with Crippen molar-refractivity contribution in [3.8, 4) is 5.75 Å². The minimum atomic E-state index is -0.713. The van der Waals surface area contributed by atoms with Crippen molar-refractivity contribution >= 4 is 28.5 Å². The number of anilines is 1. The van der Waals surface area contributed by atoms with Gasteiger partial charge in [-0.1, -0.05) is 25.5 Å². The van der Waals surface area contributed by atoms with E-state index in [0.717, 1.165) is 17.5 Å². The fourth-order valence-electron chi connectivity index (χ4n) is 3.66. The number of fused-ring (bicyclic) bond motifs is 1. The summed E-state index contributed by atoms with van der Waals surface area (Å²) in [5.41, 5.74) is 7.76. The lowest BCUT2D eigenvalue weighted by molar-refractivity contribution is -0.130. The molecule has 8 nitrogen and oxygen atoms in total. The number of carbonyl (C=O) groups excluding carboxylic acids is 2. The molecule has 1 atom stereocenters. The summed E-state index contributed by atoms with van der Waals surface area (Å²) in [7, 11) is 4.88. The van der Waals surface area contributed by atoms with E-state index in [9.17, 15) is 14.4 Å². The van der Waals surface area contributed by atoms with Crippen LogP contribution in [0.25, 0.3) is 11.0 Å². The van der Waals surface area contributed by atoms with Crippen molar-refractivity contribution in [2.45, 2.75) is 32.2 Å². The summed E-state index contributed by atoms with van der Waals surface area (Å²) in [5.74, 6) is -0.0716. The molecule has 3 rings (SSSR count). The summed E-state index contributed by atoms with van der Waals surface area (Å²) in [5, 5.41) is 3.37. The van der Waals surface area contributed by atoms with E-state index < -0.39 is 17.6 Å². The largest absolute Gasteiger partial charge is 0.496 e. The molecule has 3 aromatic rings. The Balaban J connectivity index is 1.80. The van der Waals surface area contributed by atoms with Gasteiger partial charge in [-0.15, -0.1) is 0 Å². The lowest BCUT2D eigenvalue weighted by Gasteiger charge is -2.16. The number of nitrogens with zero attached hydrogens (tertiary/aromatic N) is 1. The highest BCUT2D eigenvalue weighted by molar-refractivity contribution is 6.05. The average molecular weight is 452 g/mol. The number of nitrogens with two attached hydrogens (primary N) is 1. The van der Waals surface area contributed by atoms with Gasteiger partial charge in [0.2, 0.25) is 5.91 Å². The first-order valence-electron chi connectivity index (χ1n) is 10.8. The molecule has 0 aliphatic rings. The molecule has 0 bridgehead atoms. The van der Waals surface area contributed by atoms with Crippen molar-refractivity contribution in [2.24, 2.45) is 5.73 Å². The Hall–Kier alpha value is -3.65. The molecule has 0 radical (unpaired) electrons. The highest BCUT2D eigenvalue weighted by Gasteiger charge is 2.18. The number of amides is 2. The van der Waals surface area contributed by atoms with E-state index in [4.69, 9.17) is 14.9 Å². The molecule has 2 amide bonds. The van der Waals surface area contributed by atoms with Crippen LogP contribution in [0.15, 0.2) is 51.7 Å². The van der Waals surface area contributed by atoms with Gasteiger partial charge >= 0.3 is 5.63 Å². The molecular weight excluding hydrogens is 422 g/mol. The van der Waals surface area contributed by atoms with Crippen molar-refractivity contribution in [1.29, 1.82) is 0 Å². The highest BCUT2D eigenvalue weighted by atomic mass is 16.5. The van der Waals surface area contributed by atoms with Crippen LogP contribution in [0.2, 0.25) is 0 Å². The van der Waals surface area contributed by atoms with Crippen LogP contribution in [-0.4, -0.2) is 44.0 Å². The van der Waals surface area contributed by atoms with Gasteiger partial charge in [-0.2, -0.15) is 0 Å². The van der Waals surface area contributed by atoms with Gasteiger partial charge in [0, 0.05) is 30.7 Å². The molecule has 1 aromatic heterocycles. The second-order valence-corrected chi connectivity index (χ2v) is 8.06. The molecule has 2 aromatic carbocycles. The Kier molecular flexibility index (Phi) is 7.50. The number of aryl methyl sites for hydroxylation is 1. The third-order valence-electron chi connectivity index (χ3n) is 5.35. The zero-order valence-corrected chi connectivity index (χ0v) is 19.3. The van der Waals surface area contributed by atoms with Gasteiger partial charge < -0.3 is 25.1 Å². The number of rotatable bonds is 8. The molecule has 0 saturated carbocycles. The van der Waals surface area contributed by atoms with E-state index in [0.29, 0.717) is 35.2 Å². The van der Waals surface area contributed by atoms with Gasteiger partial charge in [0.15, 0.2) is 0 Å². The van der Waals surface area contributed by atoms with Crippen LogP contribution in [0, 0.1) is 0 Å². The molecule has 0 spiro atoms. The first-order chi connectivity index (χ1) is 15.7. The molecule has 0 fully saturated rings. The van der Waals surface area contributed by atoms with Gasteiger partial charge in [0.05, 0.1) is 13.2 Å². The van der Waals surface area contributed by atoms with E-state index in [2.05, 4.69) is 5.32 Å². The van der Waals surface area contributed by atoms with Gasteiger partial charge in [0.1, 0.15) is 16.9 Å². The second kappa shape index (κ2) is 10.3. The third-order valence-corrected chi connectivity index (χ3v) is 5.35. The van der Waals surface area contributed by atoms with E-state index in [1.165, 1.54) is 11.0 Å². The van der Waals surface area contributed by atoms with Gasteiger partial charge in [-0.3, -0.25) is 9.59 Å². The van der Waals surface area contributed by atoms with Gasteiger partial charge in [-0.25, -0.2) is 4.79 Å². The minimum absolute atomic E-state index is 0.0854. The molecule has 1 heterocycles. The van der Waals surface area contributed by atoms with Crippen LogP contribution in [-0.2, 0) is 17.6 Å². The summed E-state index contributed by atoms with van der Waals surface area (Å²) in [6.45, 7) is 2.03. The predicted octanol–water partition coefficient (Wildman–Crippen LogP) is 2.96. The van der Waals surface area contributed by atoms with Crippen molar-refractivity contribution < 1.29 is 18.7 Å². The number of benzene rings is 2. The van der Waals surface area contributed by atoms with Crippen molar-refractivity contribution in [1.82, 2.24) is 4.90 Å². The molecular formula is C25H29N3O5. The fourth-order valence-corrected chi connectivity index (χ4v) is 3.66. The third kappa shape index (κ3) is 5.40. The monoisotopic (exact) mass is 451 g/mol. The van der Waals surface area contributed by atoms with Crippen LogP contribution in [0.1, 0.15) is 34.8 Å². The second-order valence-electron chi connectivity index (χ2n) is 8.06. The van der Waals surface area contributed by atoms with Crippen LogP contribution in [0.4, 0.5) is 5.69 Å². The summed E-state index contributed by atoms with van der Waals surface area (Å²) in [4.78, 5) is 38.8. The Labute approximate surface area is 192 Å². The maximum atomic E-state index is 12.8. The first-order valence-corrected chi connectivity index (χ1v) is 10.8. The van der Waals surface area contributed by atoms with Crippen molar-refractivity contribution in [3.63, 3.8) is 0 Å². The molecule has 0 aliphatic carbocycles. The van der Waals surface area contributed by atoms with Gasteiger partial charge in [0.25, 0.3) is 5.91 Å². The molecule has 8 heteroatoms. The van der Waals surface area contributed by atoms with E-state index in [-0.39, 0.29) is 11.5 Å². The standard InChI is InChI=1S/C25H29N3O5/c1-5-6-18-21(32-4)12-9-16-14-19(25(31)33-22(16)18)23(29)27-17-10-7-15(8-11-17)13-20(26)24(30)28(2)3/h7-12,14,20H,5-6,13,26H2,1-4H3,(H,27,29)/t20-/m1/s1. The first kappa shape index (κ1) is 24.0. The zero-order chi connectivity index (χ0) is 24.1. The molecule has 33 heavy (non-hydrogen) atoms. The van der Waals surface area contributed by atoms with Crippen molar-refractivity contribution in [2.75, 3.05) is 26.5 Å². The Bertz CT molecular complexity index is 1220. The minimum Gasteiger partial charge on any atom is -0.496 e. The molecule has 0 saturated heterocycles. The summed E-state index contributed by atoms with van der Waals surface area (Å²) in [6.07, 6.45) is 1.92. The Morgan fingerprint density at radius 2 is 1.85 bits per heavy atom. The number of ether oxygens (including phenoxy) is 1. The van der Waals surface area contributed by atoms with E-state index >= 15 is 0 Å². The number of nitrogens with one attached hydrogen (secondary N) is 1. The lowest BCUT2D eigenvalue weighted by atomic mass is 10.0. The summed E-state index contributed by atoms with van der Waals surface area (Å²) in [6, 6.07) is 11.4. The fraction of sp³-hybridized carbons (Fsp3) is 0.320.